The minimum absolute atomic E-state index is 0.0619. The molecule has 0 fully saturated rings. The third-order valence-electron chi connectivity index (χ3n) is 9.61. The van der Waals surface area contributed by atoms with Crippen molar-refractivity contribution in [1.82, 2.24) is 40.9 Å². The largest absolute Gasteiger partial charge is 0.468 e. The van der Waals surface area contributed by atoms with Crippen molar-refractivity contribution in [3.8, 4) is 0 Å². The molecule has 6 atom stereocenters. The highest BCUT2D eigenvalue weighted by Crippen LogP contribution is 2.28. The van der Waals surface area contributed by atoms with Gasteiger partial charge in [-0.1, -0.05) is 21.6 Å². The third kappa shape index (κ3) is 23.7. The number of hydrogen-bond donors (Lipinski definition) is 4. The lowest BCUT2D eigenvalue weighted by atomic mass is 10.2. The number of likely N-dealkylation sites (N-methyl/N-ethyl adjacent to an activating group) is 6. The van der Waals surface area contributed by atoms with E-state index in [1.807, 2.05) is 0 Å². The number of hydrogen-bond acceptors (Lipinski definition) is 22. The second kappa shape index (κ2) is 32.6. The standard InChI is InChI=1S/C42H74N8O16S4/c1-41(2,3)65-39(59)49(11)27(35(55)47(9)29(21-67-15)37(57)63-19-25(43-7)33(53)45-17-31(51)61-13)23-69-70-24-28(50(12)40(60)66-42(4,5)6)36(56)48(10)30(22-68-16)38(58)64-20-26(44-8)34(54)46-18-32(52)62-14/h25-30,43-44H,17-24H2,1-16H3,(H,45,53)(H,46,54)/t25-,26-,27+,28+,29+,30+/m1/s1. The van der Waals surface area contributed by atoms with Gasteiger partial charge in [0.2, 0.25) is 23.6 Å². The molecule has 0 rings (SSSR count). The Morgan fingerprint density at radius 2 is 0.814 bits per heavy atom. The Morgan fingerprint density at radius 1 is 0.500 bits per heavy atom. The molecule has 0 heterocycles. The van der Waals surface area contributed by atoms with Crippen LogP contribution in [0.4, 0.5) is 9.59 Å². The van der Waals surface area contributed by atoms with Crippen molar-refractivity contribution in [2.45, 2.75) is 89.0 Å². The van der Waals surface area contributed by atoms with E-state index in [0.717, 1.165) is 55.4 Å². The summed E-state index contributed by atoms with van der Waals surface area (Å²) < 4.78 is 31.2. The second-order valence-electron chi connectivity index (χ2n) is 17.2. The molecule has 4 N–H and O–H groups in total. The highest BCUT2D eigenvalue weighted by molar-refractivity contribution is 8.76. The van der Waals surface area contributed by atoms with E-state index in [1.165, 1.54) is 65.8 Å². The molecule has 0 unspecified atom stereocenters. The molecule has 0 bridgehead atoms. The molecule has 0 aromatic rings. The van der Waals surface area contributed by atoms with Gasteiger partial charge in [0.05, 0.1) is 14.2 Å². The number of thioether (sulfide) groups is 2. The van der Waals surface area contributed by atoms with Gasteiger partial charge in [0, 0.05) is 51.2 Å². The summed E-state index contributed by atoms with van der Waals surface area (Å²) in [4.78, 5) is 136. The monoisotopic (exact) mass is 1070 g/mol. The van der Waals surface area contributed by atoms with Crippen LogP contribution in [0.1, 0.15) is 41.5 Å². The zero-order chi connectivity index (χ0) is 54.1. The molecule has 402 valence electrons. The molecule has 0 aliphatic carbocycles. The van der Waals surface area contributed by atoms with Gasteiger partial charge >= 0.3 is 36.1 Å². The van der Waals surface area contributed by atoms with E-state index in [2.05, 4.69) is 30.7 Å². The molecule has 0 aromatic carbocycles. The predicted molar refractivity (Wildman–Crippen MR) is 268 cm³/mol. The molecule has 70 heavy (non-hydrogen) atoms. The molecule has 0 saturated carbocycles. The Morgan fingerprint density at radius 3 is 1.07 bits per heavy atom. The maximum absolute atomic E-state index is 14.4. The molecule has 0 saturated heterocycles. The van der Waals surface area contributed by atoms with Crippen LogP contribution in [0.2, 0.25) is 0 Å². The average molecular weight is 1080 g/mol. The normalized spacial score (nSPS) is 13.9. The van der Waals surface area contributed by atoms with E-state index in [-0.39, 0.29) is 23.0 Å². The van der Waals surface area contributed by atoms with Crippen LogP contribution < -0.4 is 21.3 Å². The van der Waals surface area contributed by atoms with E-state index in [9.17, 15) is 47.9 Å². The van der Waals surface area contributed by atoms with Crippen molar-refractivity contribution in [2.24, 2.45) is 0 Å². The first kappa shape index (κ1) is 65.6. The van der Waals surface area contributed by atoms with Crippen molar-refractivity contribution in [2.75, 3.05) is 118 Å². The van der Waals surface area contributed by atoms with Gasteiger partial charge in [-0.05, 0) is 68.1 Å². The van der Waals surface area contributed by atoms with Crippen LogP contribution in [0.5, 0.6) is 0 Å². The first-order chi connectivity index (χ1) is 32.5. The fraction of sp³-hybridized carbons (Fsp3) is 0.762. The molecule has 0 aromatic heterocycles. The van der Waals surface area contributed by atoms with Crippen molar-refractivity contribution in [1.29, 1.82) is 0 Å². The number of esters is 4. The lowest BCUT2D eigenvalue weighted by Crippen LogP contribution is -2.56. The number of amides is 6. The number of rotatable bonds is 29. The van der Waals surface area contributed by atoms with Crippen molar-refractivity contribution < 1.29 is 76.4 Å². The van der Waals surface area contributed by atoms with Crippen molar-refractivity contribution in [3.05, 3.63) is 0 Å². The van der Waals surface area contributed by atoms with Gasteiger partial charge in [-0.2, -0.15) is 23.5 Å². The maximum Gasteiger partial charge on any atom is 0.410 e. The number of ether oxygens (including phenoxy) is 6. The van der Waals surface area contributed by atoms with Gasteiger partial charge in [-0.25, -0.2) is 19.2 Å². The smallest absolute Gasteiger partial charge is 0.410 e. The van der Waals surface area contributed by atoms with Crippen LogP contribution in [-0.2, 0) is 66.8 Å². The van der Waals surface area contributed by atoms with E-state index in [0.29, 0.717) is 0 Å². The third-order valence-corrected chi connectivity index (χ3v) is 13.3. The first-order valence-corrected chi connectivity index (χ1v) is 26.9. The lowest BCUT2D eigenvalue weighted by molar-refractivity contribution is -0.155. The molecule has 0 spiro atoms. The molecular weight excluding hydrogens is 1000 g/mol. The Bertz CT molecular complexity index is 1650. The van der Waals surface area contributed by atoms with E-state index >= 15 is 0 Å². The fourth-order valence-electron chi connectivity index (χ4n) is 5.43. The summed E-state index contributed by atoms with van der Waals surface area (Å²) in [6.45, 7) is 8.17. The van der Waals surface area contributed by atoms with Crippen LogP contribution in [0, 0.1) is 0 Å². The van der Waals surface area contributed by atoms with Crippen LogP contribution in [0.3, 0.4) is 0 Å². The van der Waals surface area contributed by atoms with Gasteiger partial charge in [0.1, 0.15) is 73.8 Å². The number of carbonyl (C=O) groups excluding carboxylic acids is 10. The Kier molecular flexibility index (Phi) is 30.5. The van der Waals surface area contributed by atoms with E-state index < -0.39 is 133 Å². The van der Waals surface area contributed by atoms with Crippen molar-refractivity contribution in [3.63, 3.8) is 0 Å². The summed E-state index contributed by atoms with van der Waals surface area (Å²) in [7, 11) is 12.8. The Labute approximate surface area is 427 Å². The van der Waals surface area contributed by atoms with Gasteiger partial charge in [0.25, 0.3) is 0 Å². The number of carbonyl (C=O) groups is 10. The maximum atomic E-state index is 14.4. The zero-order valence-corrected chi connectivity index (χ0v) is 46.3. The second-order valence-corrected chi connectivity index (χ2v) is 21.5. The van der Waals surface area contributed by atoms with Crippen LogP contribution >= 0.6 is 45.1 Å². The molecule has 24 nitrogen and oxygen atoms in total. The van der Waals surface area contributed by atoms with E-state index in [1.54, 1.807) is 54.1 Å². The number of nitrogens with one attached hydrogen (secondary N) is 4. The number of nitrogens with zero attached hydrogens (tertiary/aromatic N) is 4. The predicted octanol–water partition coefficient (Wildman–Crippen LogP) is 0.0596. The van der Waals surface area contributed by atoms with Gasteiger partial charge in [-0.15, -0.1) is 0 Å². The summed E-state index contributed by atoms with van der Waals surface area (Å²) >= 11 is 2.47. The molecule has 0 radical (unpaired) electrons. The topological polar surface area (TPSA) is 287 Å². The van der Waals surface area contributed by atoms with Gasteiger partial charge < -0.3 is 59.5 Å². The molecule has 0 aliphatic rings. The summed E-state index contributed by atoms with van der Waals surface area (Å²) in [5, 5.41) is 10.2. The SMILES string of the molecule is CN[C@H](COC(=O)[C@H](CSC)N(C)C(=O)[C@H](CSSC[C@@H](C(=O)N(C)[C@@H](CSC)C(=O)OC[C@@H](NC)C(=O)NCC(=O)OC)N(C)C(=O)OC(C)(C)C)N(C)C(=O)OC(C)(C)C)C(=O)NCC(=O)OC. The quantitative estimate of drug-likeness (QED) is 0.0333. The Balaban J connectivity index is 6.67. The molecule has 0 aliphatic heterocycles. The lowest BCUT2D eigenvalue weighted by Gasteiger charge is -2.35. The van der Waals surface area contributed by atoms with Gasteiger partial charge in [0.15, 0.2) is 0 Å². The summed E-state index contributed by atoms with van der Waals surface area (Å²) in [6.07, 6.45) is 1.72. The minimum atomic E-state index is -1.27. The highest BCUT2D eigenvalue weighted by Gasteiger charge is 2.40. The molecular formula is C42H74N8O16S4. The van der Waals surface area contributed by atoms with E-state index in [4.69, 9.17) is 18.9 Å². The first-order valence-electron chi connectivity index (χ1n) is 21.6. The zero-order valence-electron chi connectivity index (χ0n) is 43.1. The summed E-state index contributed by atoms with van der Waals surface area (Å²) in [6, 6.07) is -7.05. The van der Waals surface area contributed by atoms with Crippen molar-refractivity contribution >= 4 is 105 Å². The van der Waals surface area contributed by atoms with Crippen LogP contribution in [0.25, 0.3) is 0 Å². The molecule has 28 heteroatoms. The number of methoxy groups -OCH3 is 2. The highest BCUT2D eigenvalue weighted by atomic mass is 33.1. The summed E-state index contributed by atoms with van der Waals surface area (Å²) in [5.74, 6) is -5.86. The molecule has 6 amide bonds. The fourth-order valence-corrected chi connectivity index (χ4v) is 9.31. The van der Waals surface area contributed by atoms with Gasteiger partial charge in [-0.3, -0.25) is 38.6 Å². The van der Waals surface area contributed by atoms with Crippen LogP contribution in [-0.4, -0.2) is 245 Å². The average Bonchev–Trinajstić information content (AvgIpc) is 3.29. The minimum Gasteiger partial charge on any atom is -0.468 e. The van der Waals surface area contributed by atoms with Crippen LogP contribution in [0.15, 0.2) is 0 Å². The summed E-state index contributed by atoms with van der Waals surface area (Å²) in [5.41, 5.74) is -1.90. The Hall–Kier alpha value is -4.38.